The summed E-state index contributed by atoms with van der Waals surface area (Å²) in [5.41, 5.74) is 2.24. The molecular formula is C15H19Cl2N3. The van der Waals surface area contributed by atoms with Crippen LogP contribution in [0.5, 0.6) is 0 Å². The van der Waals surface area contributed by atoms with Gasteiger partial charge in [0.1, 0.15) is 0 Å². The maximum atomic E-state index is 6.31. The number of rotatable bonds is 5. The molecule has 2 rings (SSSR count). The number of nitrogens with zero attached hydrogens (tertiary/aromatic N) is 2. The molecule has 1 N–H and O–H groups in total. The van der Waals surface area contributed by atoms with E-state index in [-0.39, 0.29) is 12.1 Å². The minimum Gasteiger partial charge on any atom is -0.311 e. The number of nitrogens with one attached hydrogen (secondary N) is 1. The number of hydrogen-bond donors (Lipinski definition) is 1. The second kappa shape index (κ2) is 6.61. The minimum atomic E-state index is 0.119. The molecule has 20 heavy (non-hydrogen) atoms. The first-order valence-corrected chi connectivity index (χ1v) is 7.43. The van der Waals surface area contributed by atoms with E-state index in [1.54, 1.807) is 6.20 Å². The van der Waals surface area contributed by atoms with E-state index < -0.39 is 0 Å². The van der Waals surface area contributed by atoms with Crippen molar-refractivity contribution in [2.75, 3.05) is 7.05 Å². The first-order valence-electron chi connectivity index (χ1n) is 6.67. The van der Waals surface area contributed by atoms with Crippen molar-refractivity contribution < 1.29 is 0 Å². The molecule has 0 aliphatic carbocycles. The van der Waals surface area contributed by atoms with Gasteiger partial charge in [-0.2, -0.15) is 5.10 Å². The van der Waals surface area contributed by atoms with Gasteiger partial charge in [-0.3, -0.25) is 4.68 Å². The molecule has 1 unspecified atom stereocenters. The molecular weight excluding hydrogens is 293 g/mol. The first kappa shape index (κ1) is 15.4. The van der Waals surface area contributed by atoms with Crippen molar-refractivity contribution in [1.29, 1.82) is 0 Å². The average Bonchev–Trinajstić information content (AvgIpc) is 2.80. The Morgan fingerprint density at radius 2 is 1.85 bits per heavy atom. The van der Waals surface area contributed by atoms with E-state index in [0.717, 1.165) is 17.1 Å². The van der Waals surface area contributed by atoms with Crippen molar-refractivity contribution in [1.82, 2.24) is 15.1 Å². The Morgan fingerprint density at radius 3 is 2.40 bits per heavy atom. The summed E-state index contributed by atoms with van der Waals surface area (Å²) in [5.74, 6) is 0. The number of aromatic nitrogens is 2. The Bertz CT molecular complexity index is 561. The fraction of sp³-hybridized carbons (Fsp3) is 0.400. The Hall–Kier alpha value is -1.03. The summed E-state index contributed by atoms with van der Waals surface area (Å²) < 4.78 is 1.97. The molecule has 1 aromatic carbocycles. The molecule has 0 amide bonds. The third-order valence-electron chi connectivity index (χ3n) is 3.31. The third-order valence-corrected chi connectivity index (χ3v) is 3.85. The Morgan fingerprint density at radius 1 is 1.20 bits per heavy atom. The lowest BCUT2D eigenvalue weighted by Gasteiger charge is -2.20. The molecule has 5 heteroatoms. The van der Waals surface area contributed by atoms with Crippen molar-refractivity contribution in [3.63, 3.8) is 0 Å². The summed E-state index contributed by atoms with van der Waals surface area (Å²) >= 11 is 12.2. The second-order valence-corrected chi connectivity index (χ2v) is 5.93. The van der Waals surface area contributed by atoms with Crippen molar-refractivity contribution in [2.24, 2.45) is 0 Å². The van der Waals surface area contributed by atoms with Gasteiger partial charge in [-0.05, 0) is 45.0 Å². The van der Waals surface area contributed by atoms with Crippen LogP contribution < -0.4 is 5.32 Å². The van der Waals surface area contributed by atoms with Crippen molar-refractivity contribution in [3.05, 3.63) is 51.8 Å². The summed E-state index contributed by atoms with van der Waals surface area (Å²) in [4.78, 5) is 0. The largest absolute Gasteiger partial charge is 0.311 e. The highest BCUT2D eigenvalue weighted by Gasteiger charge is 2.20. The van der Waals surface area contributed by atoms with E-state index in [0.29, 0.717) is 5.02 Å². The Balaban J connectivity index is 2.28. The zero-order valence-corrected chi connectivity index (χ0v) is 13.4. The molecule has 108 valence electrons. The van der Waals surface area contributed by atoms with E-state index in [1.165, 1.54) is 5.56 Å². The SMILES string of the molecule is CNC(Cc1ccc(Cl)cc1)c1c(Cl)cnn1C(C)C. The van der Waals surface area contributed by atoms with Gasteiger partial charge in [0.2, 0.25) is 0 Å². The predicted octanol–water partition coefficient (Wildman–Crippen LogP) is 4.27. The molecule has 0 saturated carbocycles. The van der Waals surface area contributed by atoms with E-state index >= 15 is 0 Å². The summed E-state index contributed by atoms with van der Waals surface area (Å²) in [6.45, 7) is 4.20. The fourth-order valence-electron chi connectivity index (χ4n) is 2.28. The molecule has 0 spiro atoms. The Kier molecular flexibility index (Phi) is 5.08. The van der Waals surface area contributed by atoms with Crippen LogP contribution in [0.1, 0.15) is 37.2 Å². The molecule has 3 nitrogen and oxygen atoms in total. The summed E-state index contributed by atoms with van der Waals surface area (Å²) in [6, 6.07) is 8.29. The van der Waals surface area contributed by atoms with Crippen LogP contribution in [0.2, 0.25) is 10.0 Å². The number of benzene rings is 1. The number of halogens is 2. The standard InChI is InChI=1S/C15H19Cl2N3/c1-10(2)20-15(13(17)9-19-20)14(18-3)8-11-4-6-12(16)7-5-11/h4-7,9-10,14,18H,8H2,1-3H3. The highest BCUT2D eigenvalue weighted by molar-refractivity contribution is 6.31. The summed E-state index contributed by atoms with van der Waals surface area (Å²) in [5, 5.41) is 9.14. The highest BCUT2D eigenvalue weighted by atomic mass is 35.5. The van der Waals surface area contributed by atoms with Crippen LogP contribution in [0.3, 0.4) is 0 Å². The molecule has 0 aliphatic rings. The highest BCUT2D eigenvalue weighted by Crippen LogP contribution is 2.28. The van der Waals surface area contributed by atoms with Gasteiger partial charge in [-0.1, -0.05) is 35.3 Å². The Labute approximate surface area is 129 Å². The molecule has 1 aromatic heterocycles. The monoisotopic (exact) mass is 311 g/mol. The van der Waals surface area contributed by atoms with Gasteiger partial charge in [0.15, 0.2) is 0 Å². The van der Waals surface area contributed by atoms with E-state index in [1.807, 2.05) is 36.0 Å². The maximum Gasteiger partial charge on any atom is 0.0834 e. The zero-order valence-electron chi connectivity index (χ0n) is 11.9. The third kappa shape index (κ3) is 3.35. The zero-order chi connectivity index (χ0) is 14.7. The van der Waals surface area contributed by atoms with Crippen LogP contribution in [0, 0.1) is 0 Å². The van der Waals surface area contributed by atoms with E-state index in [9.17, 15) is 0 Å². The first-order chi connectivity index (χ1) is 9.52. The van der Waals surface area contributed by atoms with Gasteiger partial charge in [-0.15, -0.1) is 0 Å². The van der Waals surface area contributed by atoms with Crippen molar-refractivity contribution in [3.8, 4) is 0 Å². The molecule has 0 fully saturated rings. The molecule has 0 saturated heterocycles. The van der Waals surface area contributed by atoms with Gasteiger partial charge in [-0.25, -0.2) is 0 Å². The van der Waals surface area contributed by atoms with Crippen LogP contribution in [0.4, 0.5) is 0 Å². The summed E-state index contributed by atoms with van der Waals surface area (Å²) in [7, 11) is 1.94. The van der Waals surface area contributed by atoms with Gasteiger partial charge in [0, 0.05) is 11.1 Å². The van der Waals surface area contributed by atoms with Crippen LogP contribution in [-0.4, -0.2) is 16.8 Å². The minimum absolute atomic E-state index is 0.119. The maximum absolute atomic E-state index is 6.31. The van der Waals surface area contributed by atoms with Crippen LogP contribution in [-0.2, 0) is 6.42 Å². The molecule has 0 radical (unpaired) electrons. The lowest BCUT2D eigenvalue weighted by Crippen LogP contribution is -2.23. The van der Waals surface area contributed by atoms with Gasteiger partial charge >= 0.3 is 0 Å². The molecule has 0 bridgehead atoms. The topological polar surface area (TPSA) is 29.9 Å². The van der Waals surface area contributed by atoms with E-state index in [2.05, 4.69) is 24.3 Å². The van der Waals surface area contributed by atoms with Crippen molar-refractivity contribution >= 4 is 23.2 Å². The molecule has 1 heterocycles. The average molecular weight is 312 g/mol. The molecule has 1 atom stereocenters. The van der Waals surface area contributed by atoms with E-state index in [4.69, 9.17) is 23.2 Å². The van der Waals surface area contributed by atoms with Gasteiger partial charge in [0.05, 0.1) is 23.0 Å². The lowest BCUT2D eigenvalue weighted by atomic mass is 10.0. The predicted molar refractivity (Wildman–Crippen MR) is 84.6 cm³/mol. The second-order valence-electron chi connectivity index (χ2n) is 5.09. The van der Waals surface area contributed by atoms with Gasteiger partial charge < -0.3 is 5.32 Å². The quantitative estimate of drug-likeness (QED) is 0.893. The fourth-order valence-corrected chi connectivity index (χ4v) is 2.67. The summed E-state index contributed by atoms with van der Waals surface area (Å²) in [6.07, 6.45) is 2.55. The van der Waals surface area contributed by atoms with Crippen molar-refractivity contribution in [2.45, 2.75) is 32.4 Å². The van der Waals surface area contributed by atoms with Crippen LogP contribution in [0.15, 0.2) is 30.5 Å². The van der Waals surface area contributed by atoms with Crippen LogP contribution >= 0.6 is 23.2 Å². The smallest absolute Gasteiger partial charge is 0.0834 e. The molecule has 2 aromatic rings. The van der Waals surface area contributed by atoms with Gasteiger partial charge in [0.25, 0.3) is 0 Å². The number of likely N-dealkylation sites (N-methyl/N-ethyl adjacent to an activating group) is 1. The normalized spacial score (nSPS) is 12.9. The molecule has 0 aliphatic heterocycles. The lowest BCUT2D eigenvalue weighted by molar-refractivity contribution is 0.460. The number of hydrogen-bond acceptors (Lipinski definition) is 2. The van der Waals surface area contributed by atoms with Crippen LogP contribution in [0.25, 0.3) is 0 Å².